The van der Waals surface area contributed by atoms with Gasteiger partial charge in [0.05, 0.1) is 22.3 Å². The number of pyridine rings is 1. The number of fused-ring (bicyclic) bond motifs is 3. The quantitative estimate of drug-likeness (QED) is 0.683. The molecule has 0 saturated carbocycles. The highest BCUT2D eigenvalue weighted by Gasteiger charge is 2.17. The predicted octanol–water partition coefficient (Wildman–Crippen LogP) is 1.10. The number of nitrogen functional groups attached to an aromatic ring is 1. The van der Waals surface area contributed by atoms with Crippen molar-refractivity contribution in [2.75, 3.05) is 12.0 Å². The van der Waals surface area contributed by atoms with Crippen LogP contribution in [0.5, 0.6) is 0 Å². The molecule has 7 heteroatoms. The number of rotatable bonds is 1. The number of nitrogens with two attached hydrogens (primary N) is 1. The average molecular weight is 262 g/mol. The van der Waals surface area contributed by atoms with Gasteiger partial charge in [-0.1, -0.05) is 6.07 Å². The van der Waals surface area contributed by atoms with E-state index in [1.54, 1.807) is 18.2 Å². The minimum Gasteiger partial charge on any atom is -0.382 e. The van der Waals surface area contributed by atoms with Crippen LogP contribution in [-0.2, 0) is 9.84 Å². The van der Waals surface area contributed by atoms with E-state index >= 15 is 0 Å². The summed E-state index contributed by atoms with van der Waals surface area (Å²) in [7, 11) is -3.34. The minimum absolute atomic E-state index is 0.224. The number of H-pyrrole nitrogens is 1. The number of imidazole rings is 1. The zero-order valence-corrected chi connectivity index (χ0v) is 10.3. The number of aromatic amines is 1. The van der Waals surface area contributed by atoms with Crippen LogP contribution in [-0.4, -0.2) is 29.6 Å². The molecule has 92 valence electrons. The van der Waals surface area contributed by atoms with Crippen molar-refractivity contribution in [1.29, 1.82) is 0 Å². The van der Waals surface area contributed by atoms with Crippen molar-refractivity contribution in [2.24, 2.45) is 0 Å². The molecule has 0 radical (unpaired) electrons. The van der Waals surface area contributed by atoms with Crippen LogP contribution in [0.4, 0.5) is 5.82 Å². The molecular weight excluding hydrogens is 252 g/mol. The Labute approximate surface area is 103 Å². The van der Waals surface area contributed by atoms with Crippen LogP contribution < -0.4 is 5.73 Å². The van der Waals surface area contributed by atoms with Gasteiger partial charge in [-0.2, -0.15) is 0 Å². The maximum Gasteiger partial charge on any atom is 0.176 e. The molecule has 0 spiro atoms. The lowest BCUT2D eigenvalue weighted by atomic mass is 10.2. The van der Waals surface area contributed by atoms with Crippen molar-refractivity contribution in [1.82, 2.24) is 15.0 Å². The van der Waals surface area contributed by atoms with Gasteiger partial charge in [-0.05, 0) is 12.1 Å². The molecule has 2 heterocycles. The van der Waals surface area contributed by atoms with Gasteiger partial charge in [0.1, 0.15) is 5.52 Å². The third-order valence-electron chi connectivity index (χ3n) is 2.78. The molecule has 0 aliphatic heterocycles. The molecule has 0 aliphatic rings. The van der Waals surface area contributed by atoms with E-state index in [9.17, 15) is 8.42 Å². The number of hydrogen-bond acceptors (Lipinski definition) is 5. The third-order valence-corrected chi connectivity index (χ3v) is 3.92. The summed E-state index contributed by atoms with van der Waals surface area (Å²) in [5.41, 5.74) is 7.40. The summed E-state index contributed by atoms with van der Waals surface area (Å²) in [5.74, 6) is 0.282. The second-order valence-corrected chi connectivity index (χ2v) is 6.03. The van der Waals surface area contributed by atoms with E-state index in [4.69, 9.17) is 5.73 Å². The Morgan fingerprint density at radius 2 is 2.11 bits per heavy atom. The first kappa shape index (κ1) is 11.0. The van der Waals surface area contributed by atoms with Crippen LogP contribution in [0.15, 0.2) is 29.4 Å². The van der Waals surface area contributed by atoms with Gasteiger partial charge in [-0.25, -0.2) is 18.4 Å². The van der Waals surface area contributed by atoms with Crippen molar-refractivity contribution < 1.29 is 8.42 Å². The molecular formula is C11H10N4O2S. The molecule has 0 atom stereocenters. The first-order chi connectivity index (χ1) is 8.48. The van der Waals surface area contributed by atoms with E-state index in [2.05, 4.69) is 15.0 Å². The highest BCUT2D eigenvalue weighted by molar-refractivity contribution is 7.91. The van der Waals surface area contributed by atoms with E-state index in [1.807, 2.05) is 0 Å². The lowest BCUT2D eigenvalue weighted by Crippen LogP contribution is -2.01. The number of nitrogens with zero attached hydrogens (tertiary/aromatic N) is 2. The molecule has 0 saturated heterocycles. The fourth-order valence-electron chi connectivity index (χ4n) is 2.03. The molecule has 2 aromatic heterocycles. The van der Waals surface area contributed by atoms with Gasteiger partial charge in [0.15, 0.2) is 15.7 Å². The third kappa shape index (κ3) is 1.44. The van der Waals surface area contributed by atoms with Crippen LogP contribution in [0.25, 0.3) is 21.9 Å². The molecule has 0 aliphatic carbocycles. The SMILES string of the molecule is CS(=O)(=O)c1cccc2nc(N)c3nc[nH]c3c12. The van der Waals surface area contributed by atoms with Crippen LogP contribution in [0.3, 0.4) is 0 Å². The second kappa shape index (κ2) is 3.42. The molecule has 18 heavy (non-hydrogen) atoms. The first-order valence-electron chi connectivity index (χ1n) is 5.20. The smallest absolute Gasteiger partial charge is 0.176 e. The predicted molar refractivity (Wildman–Crippen MR) is 68.9 cm³/mol. The van der Waals surface area contributed by atoms with Crippen molar-refractivity contribution in [3.63, 3.8) is 0 Å². The van der Waals surface area contributed by atoms with E-state index < -0.39 is 9.84 Å². The number of hydrogen-bond donors (Lipinski definition) is 2. The first-order valence-corrected chi connectivity index (χ1v) is 7.09. The van der Waals surface area contributed by atoms with Crippen molar-refractivity contribution in [3.05, 3.63) is 24.5 Å². The van der Waals surface area contributed by atoms with Crippen molar-refractivity contribution >= 4 is 37.6 Å². The Morgan fingerprint density at radius 3 is 2.83 bits per heavy atom. The largest absolute Gasteiger partial charge is 0.382 e. The van der Waals surface area contributed by atoms with Crippen LogP contribution in [0.1, 0.15) is 0 Å². The topological polar surface area (TPSA) is 102 Å². The molecule has 3 N–H and O–H groups in total. The summed E-state index contributed by atoms with van der Waals surface area (Å²) in [6.07, 6.45) is 2.64. The van der Waals surface area contributed by atoms with Gasteiger partial charge >= 0.3 is 0 Å². The number of aromatic nitrogens is 3. The molecule has 3 aromatic rings. The number of nitrogens with one attached hydrogen (secondary N) is 1. The lowest BCUT2D eigenvalue weighted by molar-refractivity contribution is 0.602. The van der Waals surface area contributed by atoms with Crippen LogP contribution >= 0.6 is 0 Å². The summed E-state index contributed by atoms with van der Waals surface area (Å²) in [4.78, 5) is 11.4. The molecule has 0 bridgehead atoms. The zero-order chi connectivity index (χ0) is 12.9. The number of anilines is 1. The zero-order valence-electron chi connectivity index (χ0n) is 9.51. The Balaban J connectivity index is 2.65. The van der Waals surface area contributed by atoms with Gasteiger partial charge in [0.25, 0.3) is 0 Å². The van der Waals surface area contributed by atoms with Gasteiger partial charge in [-0.15, -0.1) is 0 Å². The maximum atomic E-state index is 11.8. The molecule has 3 rings (SSSR count). The highest BCUT2D eigenvalue weighted by Crippen LogP contribution is 2.30. The Kier molecular flexibility index (Phi) is 2.09. The summed E-state index contributed by atoms with van der Waals surface area (Å²) >= 11 is 0. The van der Waals surface area contributed by atoms with Gasteiger partial charge in [-0.3, -0.25) is 0 Å². The van der Waals surface area contributed by atoms with Crippen LogP contribution in [0.2, 0.25) is 0 Å². The average Bonchev–Trinajstić information content (AvgIpc) is 2.76. The minimum atomic E-state index is -3.34. The molecule has 0 fully saturated rings. The fraction of sp³-hybridized carbons (Fsp3) is 0.0909. The summed E-state index contributed by atoms with van der Waals surface area (Å²) < 4.78 is 23.6. The van der Waals surface area contributed by atoms with E-state index in [-0.39, 0.29) is 10.7 Å². The van der Waals surface area contributed by atoms with Gasteiger partial charge < -0.3 is 10.7 Å². The normalized spacial score (nSPS) is 12.3. The van der Waals surface area contributed by atoms with E-state index in [1.165, 1.54) is 12.6 Å². The van der Waals surface area contributed by atoms with Gasteiger partial charge in [0, 0.05) is 11.6 Å². The van der Waals surface area contributed by atoms with Crippen molar-refractivity contribution in [2.45, 2.75) is 4.90 Å². The molecule has 1 aromatic carbocycles. The molecule has 6 nitrogen and oxygen atoms in total. The Morgan fingerprint density at radius 1 is 1.33 bits per heavy atom. The van der Waals surface area contributed by atoms with E-state index in [0.717, 1.165) is 0 Å². The molecule has 0 unspecified atom stereocenters. The Hall–Kier alpha value is -2.15. The standard InChI is InChI=1S/C11H10N4O2S/c1-18(16,17)7-4-2-3-6-8(7)9-10(11(12)15-6)14-5-13-9/h2-5H,1H3,(H2,12,15)(H,13,14). The molecule has 0 amide bonds. The summed E-state index contributed by atoms with van der Waals surface area (Å²) in [6, 6.07) is 4.92. The second-order valence-electron chi connectivity index (χ2n) is 4.05. The maximum absolute atomic E-state index is 11.8. The number of benzene rings is 1. The van der Waals surface area contributed by atoms with Crippen molar-refractivity contribution in [3.8, 4) is 0 Å². The lowest BCUT2D eigenvalue weighted by Gasteiger charge is -2.06. The van der Waals surface area contributed by atoms with Gasteiger partial charge in [0.2, 0.25) is 0 Å². The Bertz CT molecular complexity index is 867. The van der Waals surface area contributed by atoms with Crippen LogP contribution in [0, 0.1) is 0 Å². The highest BCUT2D eigenvalue weighted by atomic mass is 32.2. The summed E-state index contributed by atoms with van der Waals surface area (Å²) in [6.45, 7) is 0. The summed E-state index contributed by atoms with van der Waals surface area (Å²) in [5, 5.41) is 0.529. The fourth-order valence-corrected chi connectivity index (χ4v) is 2.94. The monoisotopic (exact) mass is 262 g/mol. The number of sulfone groups is 1. The van der Waals surface area contributed by atoms with E-state index in [0.29, 0.717) is 21.9 Å².